The molecule has 1 fully saturated rings. The van der Waals surface area contributed by atoms with Crippen LogP contribution in [0.5, 0.6) is 5.75 Å². The molecule has 0 aromatic heterocycles. The Balaban J connectivity index is 1.86. The van der Waals surface area contributed by atoms with E-state index in [-0.39, 0.29) is 42.7 Å². The second-order valence-electron chi connectivity index (χ2n) is 9.84. The van der Waals surface area contributed by atoms with Crippen LogP contribution in [0.2, 0.25) is 0 Å². The molecule has 3 amide bonds. The van der Waals surface area contributed by atoms with Gasteiger partial charge >= 0.3 is 6.03 Å². The number of carbonyl (C=O) groups excluding carboxylic acids is 2. The molecule has 0 spiro atoms. The van der Waals surface area contributed by atoms with Crippen LogP contribution >= 0.6 is 0 Å². The molecule has 3 rings (SSSR count). The first-order chi connectivity index (χ1) is 15.7. The van der Waals surface area contributed by atoms with Crippen LogP contribution in [-0.2, 0) is 0 Å². The van der Waals surface area contributed by atoms with E-state index in [9.17, 15) is 14.7 Å². The molecule has 0 bridgehead atoms. The van der Waals surface area contributed by atoms with Crippen molar-refractivity contribution < 1.29 is 19.4 Å². The van der Waals surface area contributed by atoms with Gasteiger partial charge in [0.25, 0.3) is 5.91 Å². The standard InChI is InChI=1S/C25H40N4O4/c1-17-14-29(18(2)16-30)24(31)20-12-9-13-21(27(3)4)23(20)33-22(17)15-28(5)25(32)26-19-10-7-6-8-11-19/h9,12-13,17-19,22,30H,6-8,10-11,14-16H2,1-5H3,(H,26,32)/t17-,18-,22+/m0/s1. The van der Waals surface area contributed by atoms with E-state index in [4.69, 9.17) is 4.74 Å². The van der Waals surface area contributed by atoms with Crippen molar-refractivity contribution in [3.05, 3.63) is 23.8 Å². The Morgan fingerprint density at radius 1 is 1.24 bits per heavy atom. The van der Waals surface area contributed by atoms with E-state index < -0.39 is 0 Å². The van der Waals surface area contributed by atoms with Gasteiger partial charge < -0.3 is 29.9 Å². The fourth-order valence-electron chi connectivity index (χ4n) is 4.68. The predicted octanol–water partition coefficient (Wildman–Crippen LogP) is 2.95. The van der Waals surface area contributed by atoms with Crippen molar-refractivity contribution in [3.63, 3.8) is 0 Å². The summed E-state index contributed by atoms with van der Waals surface area (Å²) in [6.45, 7) is 4.61. The number of urea groups is 1. The molecule has 2 aliphatic rings. The maximum atomic E-state index is 13.4. The number of rotatable bonds is 6. The van der Waals surface area contributed by atoms with Gasteiger partial charge in [0.05, 0.1) is 30.4 Å². The van der Waals surface area contributed by atoms with Crippen LogP contribution in [0.25, 0.3) is 0 Å². The van der Waals surface area contributed by atoms with Crippen molar-refractivity contribution in [1.82, 2.24) is 15.1 Å². The Bertz CT molecular complexity index is 825. The highest BCUT2D eigenvalue weighted by Crippen LogP contribution is 2.36. The van der Waals surface area contributed by atoms with Crippen molar-refractivity contribution in [2.75, 3.05) is 45.7 Å². The van der Waals surface area contributed by atoms with Crippen LogP contribution < -0.4 is 15.0 Å². The smallest absolute Gasteiger partial charge is 0.317 e. The number of aliphatic hydroxyl groups excluding tert-OH is 1. The molecule has 0 unspecified atom stereocenters. The molecule has 0 radical (unpaired) electrons. The van der Waals surface area contributed by atoms with Crippen molar-refractivity contribution in [3.8, 4) is 5.75 Å². The number of fused-ring (bicyclic) bond motifs is 1. The maximum absolute atomic E-state index is 13.4. The van der Waals surface area contributed by atoms with Crippen molar-refractivity contribution >= 4 is 17.6 Å². The number of ether oxygens (including phenoxy) is 1. The summed E-state index contributed by atoms with van der Waals surface area (Å²) in [5.41, 5.74) is 1.29. The number of aliphatic hydroxyl groups is 1. The number of nitrogens with one attached hydrogen (secondary N) is 1. The molecule has 1 aliphatic carbocycles. The summed E-state index contributed by atoms with van der Waals surface area (Å²) in [5, 5.41) is 13.0. The van der Waals surface area contributed by atoms with E-state index in [1.165, 1.54) is 6.42 Å². The van der Waals surface area contributed by atoms with Gasteiger partial charge in [0.2, 0.25) is 0 Å². The lowest BCUT2D eigenvalue weighted by molar-refractivity contribution is 0.0367. The highest BCUT2D eigenvalue weighted by atomic mass is 16.5. The number of para-hydroxylation sites is 1. The van der Waals surface area contributed by atoms with Crippen molar-refractivity contribution in [1.29, 1.82) is 0 Å². The van der Waals surface area contributed by atoms with Gasteiger partial charge in [0.1, 0.15) is 6.10 Å². The molecule has 1 saturated carbocycles. The monoisotopic (exact) mass is 460 g/mol. The van der Waals surface area contributed by atoms with Gasteiger partial charge in [-0.15, -0.1) is 0 Å². The first-order valence-electron chi connectivity index (χ1n) is 12.1. The van der Waals surface area contributed by atoms with Gasteiger partial charge in [0, 0.05) is 39.6 Å². The Morgan fingerprint density at radius 2 is 1.94 bits per heavy atom. The van der Waals surface area contributed by atoms with Crippen LogP contribution in [0.4, 0.5) is 10.5 Å². The highest BCUT2D eigenvalue weighted by Gasteiger charge is 2.35. The van der Waals surface area contributed by atoms with E-state index in [2.05, 4.69) is 5.32 Å². The van der Waals surface area contributed by atoms with Crippen LogP contribution in [-0.4, -0.2) is 85.9 Å². The zero-order valence-corrected chi connectivity index (χ0v) is 20.7. The topological polar surface area (TPSA) is 85.4 Å². The second-order valence-corrected chi connectivity index (χ2v) is 9.84. The van der Waals surface area contributed by atoms with Gasteiger partial charge in [0.15, 0.2) is 5.75 Å². The fraction of sp³-hybridized carbons (Fsp3) is 0.680. The average Bonchev–Trinajstić information content (AvgIpc) is 2.80. The zero-order valence-electron chi connectivity index (χ0n) is 20.7. The molecule has 1 aliphatic heterocycles. The lowest BCUT2D eigenvalue weighted by Crippen LogP contribution is -2.52. The zero-order chi connectivity index (χ0) is 24.1. The summed E-state index contributed by atoms with van der Waals surface area (Å²) in [5.74, 6) is 0.334. The number of hydrogen-bond donors (Lipinski definition) is 2. The number of benzene rings is 1. The Hall–Kier alpha value is -2.48. The Labute approximate surface area is 197 Å². The minimum atomic E-state index is -0.318. The van der Waals surface area contributed by atoms with Gasteiger partial charge in [-0.05, 0) is 31.9 Å². The largest absolute Gasteiger partial charge is 0.485 e. The first-order valence-corrected chi connectivity index (χ1v) is 12.1. The molecule has 8 nitrogen and oxygen atoms in total. The molecule has 1 heterocycles. The molecular formula is C25H40N4O4. The Kier molecular flexibility index (Phi) is 8.46. The number of amides is 3. The molecule has 8 heteroatoms. The van der Waals surface area contributed by atoms with E-state index in [0.29, 0.717) is 24.4 Å². The molecule has 3 atom stereocenters. The van der Waals surface area contributed by atoms with Gasteiger partial charge in [-0.1, -0.05) is 32.3 Å². The summed E-state index contributed by atoms with van der Waals surface area (Å²) in [6, 6.07) is 5.38. The van der Waals surface area contributed by atoms with Gasteiger partial charge in [-0.25, -0.2) is 4.79 Å². The van der Waals surface area contributed by atoms with Crippen molar-refractivity contribution in [2.24, 2.45) is 5.92 Å². The minimum absolute atomic E-state index is 0.0451. The maximum Gasteiger partial charge on any atom is 0.317 e. The van der Waals surface area contributed by atoms with Crippen LogP contribution in [0.15, 0.2) is 18.2 Å². The predicted molar refractivity (Wildman–Crippen MR) is 130 cm³/mol. The third kappa shape index (κ3) is 5.91. The van der Waals surface area contributed by atoms with E-state index in [1.807, 2.05) is 45.0 Å². The summed E-state index contributed by atoms with van der Waals surface area (Å²) in [7, 11) is 5.63. The average molecular weight is 461 g/mol. The number of anilines is 1. The number of nitrogens with zero attached hydrogens (tertiary/aromatic N) is 3. The van der Waals surface area contributed by atoms with Gasteiger partial charge in [-0.3, -0.25) is 4.79 Å². The molecule has 0 saturated heterocycles. The molecular weight excluding hydrogens is 420 g/mol. The minimum Gasteiger partial charge on any atom is -0.485 e. The first kappa shape index (κ1) is 25.1. The number of likely N-dealkylation sites (N-methyl/N-ethyl adjacent to an activating group) is 1. The second kappa shape index (κ2) is 11.1. The summed E-state index contributed by atoms with van der Waals surface area (Å²) >= 11 is 0. The summed E-state index contributed by atoms with van der Waals surface area (Å²) < 4.78 is 6.51. The van der Waals surface area contributed by atoms with E-state index in [1.54, 1.807) is 22.9 Å². The van der Waals surface area contributed by atoms with Crippen LogP contribution in [0.3, 0.4) is 0 Å². The van der Waals surface area contributed by atoms with Crippen LogP contribution in [0.1, 0.15) is 56.3 Å². The molecule has 184 valence electrons. The van der Waals surface area contributed by atoms with Crippen molar-refractivity contribution in [2.45, 2.75) is 64.1 Å². The van der Waals surface area contributed by atoms with Crippen LogP contribution in [0, 0.1) is 5.92 Å². The van der Waals surface area contributed by atoms with Gasteiger partial charge in [-0.2, -0.15) is 0 Å². The van der Waals surface area contributed by atoms with E-state index >= 15 is 0 Å². The summed E-state index contributed by atoms with van der Waals surface area (Å²) in [6.07, 6.45) is 5.32. The Morgan fingerprint density at radius 3 is 2.58 bits per heavy atom. The summed E-state index contributed by atoms with van der Waals surface area (Å²) in [4.78, 5) is 31.6. The number of hydrogen-bond acceptors (Lipinski definition) is 5. The SMILES string of the molecule is C[C@H]1CN([C@@H](C)CO)C(=O)c2cccc(N(C)C)c2O[C@@H]1CN(C)C(=O)NC1CCCCC1. The number of carbonyl (C=O) groups is 2. The lowest BCUT2D eigenvalue weighted by Gasteiger charge is -2.39. The third-order valence-corrected chi connectivity index (χ3v) is 6.89. The molecule has 1 aromatic rings. The normalized spacial score (nSPS) is 22.5. The molecule has 2 N–H and O–H groups in total. The fourth-order valence-corrected chi connectivity index (χ4v) is 4.68. The quantitative estimate of drug-likeness (QED) is 0.682. The lowest BCUT2D eigenvalue weighted by atomic mass is 9.96. The highest BCUT2D eigenvalue weighted by molar-refractivity contribution is 5.99. The molecule has 33 heavy (non-hydrogen) atoms. The van der Waals surface area contributed by atoms with E-state index in [0.717, 1.165) is 31.4 Å². The third-order valence-electron chi connectivity index (χ3n) is 6.89. The molecule has 1 aromatic carbocycles.